The van der Waals surface area contributed by atoms with Gasteiger partial charge in [0.05, 0.1) is 18.7 Å². The van der Waals surface area contributed by atoms with Crippen LogP contribution in [0.1, 0.15) is 43.7 Å². The Balaban J connectivity index is 1.77. The fourth-order valence-corrected chi connectivity index (χ4v) is 2.74. The number of ether oxygens (including phenoxy) is 1. The summed E-state index contributed by atoms with van der Waals surface area (Å²) in [5.41, 5.74) is 7.48. The van der Waals surface area contributed by atoms with Crippen molar-refractivity contribution in [3.05, 3.63) is 35.4 Å². The number of hydrogen-bond donors (Lipinski definition) is 5. The first-order valence-electron chi connectivity index (χ1n) is 9.90. The van der Waals surface area contributed by atoms with Crippen LogP contribution in [0.5, 0.6) is 0 Å². The lowest BCUT2D eigenvalue weighted by atomic mass is 10.0. The minimum Gasteiger partial charge on any atom is -0.480 e. The third-order valence-corrected chi connectivity index (χ3v) is 4.50. The van der Waals surface area contributed by atoms with Crippen LogP contribution in [0.15, 0.2) is 29.4 Å². The van der Waals surface area contributed by atoms with E-state index < -0.39 is 30.1 Å². The van der Waals surface area contributed by atoms with Crippen molar-refractivity contribution in [3.8, 4) is 0 Å². The molecule has 0 radical (unpaired) electrons. The summed E-state index contributed by atoms with van der Waals surface area (Å²) in [5.74, 6) is -1.75. The van der Waals surface area contributed by atoms with E-state index in [-0.39, 0.29) is 25.4 Å². The third-order valence-electron chi connectivity index (χ3n) is 4.50. The number of oxime groups is 1. The standard InChI is InChI=1S/C20H27N5O6/c1-2-3-8-30-20(29)24-16(19(27)28)11-23-17(26)10-14-9-15(25-31-14)12-4-6-13(7-5-12)18(21)22/h4-7,14,16H,2-3,8-11H2,1H3,(H3,21,22)(H,23,26)(H,24,29)(H,27,28)/t14-,16-/m1/s1. The van der Waals surface area contributed by atoms with Crippen LogP contribution in [-0.4, -0.2) is 59.9 Å². The van der Waals surface area contributed by atoms with E-state index in [9.17, 15) is 19.5 Å². The number of benzene rings is 1. The van der Waals surface area contributed by atoms with Crippen molar-refractivity contribution < 1.29 is 29.1 Å². The van der Waals surface area contributed by atoms with Gasteiger partial charge in [-0.1, -0.05) is 42.8 Å². The summed E-state index contributed by atoms with van der Waals surface area (Å²) in [6.45, 7) is 1.84. The maximum absolute atomic E-state index is 12.2. The summed E-state index contributed by atoms with van der Waals surface area (Å²) in [7, 11) is 0. The second kappa shape index (κ2) is 11.5. The highest BCUT2D eigenvalue weighted by Gasteiger charge is 2.26. The van der Waals surface area contributed by atoms with Crippen molar-refractivity contribution in [2.45, 2.75) is 44.8 Å². The highest BCUT2D eigenvalue weighted by atomic mass is 16.6. The number of unbranched alkanes of at least 4 members (excludes halogenated alkanes) is 1. The smallest absolute Gasteiger partial charge is 0.407 e. The van der Waals surface area contributed by atoms with Crippen LogP contribution in [-0.2, 0) is 19.2 Å². The number of aliphatic carboxylic acids is 1. The van der Waals surface area contributed by atoms with Crippen LogP contribution in [0.25, 0.3) is 0 Å². The van der Waals surface area contributed by atoms with Crippen LogP contribution in [0.3, 0.4) is 0 Å². The molecule has 0 saturated carbocycles. The van der Waals surface area contributed by atoms with E-state index in [1.807, 2.05) is 6.92 Å². The number of amidine groups is 1. The first kappa shape index (κ1) is 23.6. The Bertz CT molecular complexity index is 839. The van der Waals surface area contributed by atoms with E-state index in [1.165, 1.54) is 0 Å². The minimum atomic E-state index is -1.31. The Morgan fingerprint density at radius 2 is 2.06 bits per heavy atom. The van der Waals surface area contributed by atoms with E-state index in [0.717, 1.165) is 12.0 Å². The highest BCUT2D eigenvalue weighted by Crippen LogP contribution is 2.19. The summed E-state index contributed by atoms with van der Waals surface area (Å²) in [6, 6.07) is 5.63. The van der Waals surface area contributed by atoms with Crippen LogP contribution in [0.4, 0.5) is 4.79 Å². The molecule has 11 nitrogen and oxygen atoms in total. The lowest BCUT2D eigenvalue weighted by Crippen LogP contribution is -2.48. The average Bonchev–Trinajstić information content (AvgIpc) is 3.19. The number of nitrogen functional groups attached to an aromatic ring is 1. The number of nitrogens with zero attached hydrogens (tertiary/aromatic N) is 1. The first-order chi connectivity index (χ1) is 14.8. The maximum Gasteiger partial charge on any atom is 0.407 e. The molecule has 168 valence electrons. The van der Waals surface area contributed by atoms with Gasteiger partial charge in [-0.2, -0.15) is 0 Å². The van der Waals surface area contributed by atoms with E-state index in [2.05, 4.69) is 15.8 Å². The molecule has 2 amide bonds. The molecule has 0 fully saturated rings. The van der Waals surface area contributed by atoms with Gasteiger partial charge >= 0.3 is 12.1 Å². The molecule has 0 unspecified atom stereocenters. The molecule has 6 N–H and O–H groups in total. The van der Waals surface area contributed by atoms with Gasteiger partial charge in [-0.15, -0.1) is 0 Å². The number of carboxylic acid groups (broad SMARTS) is 1. The SMILES string of the molecule is CCCCOC(=O)N[C@H](CNC(=O)C[C@H]1CC(c2ccc(C(=N)N)cc2)=NO1)C(=O)O. The third kappa shape index (κ3) is 7.61. The molecule has 2 atom stereocenters. The van der Waals surface area contributed by atoms with Crippen LogP contribution >= 0.6 is 0 Å². The monoisotopic (exact) mass is 433 g/mol. The lowest BCUT2D eigenvalue weighted by molar-refractivity contribution is -0.139. The Hall–Kier alpha value is -3.63. The number of rotatable bonds is 11. The topological polar surface area (TPSA) is 176 Å². The van der Waals surface area contributed by atoms with Gasteiger partial charge in [-0.05, 0) is 12.0 Å². The predicted molar refractivity (Wildman–Crippen MR) is 112 cm³/mol. The Morgan fingerprint density at radius 1 is 1.35 bits per heavy atom. The summed E-state index contributed by atoms with van der Waals surface area (Å²) >= 11 is 0. The quantitative estimate of drug-likeness (QED) is 0.196. The van der Waals surface area contributed by atoms with Gasteiger partial charge in [0.15, 0.2) is 0 Å². The number of alkyl carbamates (subject to hydrolysis) is 1. The molecular weight excluding hydrogens is 406 g/mol. The molecule has 0 saturated heterocycles. The minimum absolute atomic E-state index is 0.0220. The van der Waals surface area contributed by atoms with Gasteiger partial charge in [-0.25, -0.2) is 9.59 Å². The predicted octanol–water partition coefficient (Wildman–Crippen LogP) is 0.949. The van der Waals surface area contributed by atoms with E-state index >= 15 is 0 Å². The fourth-order valence-electron chi connectivity index (χ4n) is 2.74. The van der Waals surface area contributed by atoms with Crippen molar-refractivity contribution in [2.75, 3.05) is 13.2 Å². The Kier molecular flexibility index (Phi) is 8.79. The molecule has 31 heavy (non-hydrogen) atoms. The van der Waals surface area contributed by atoms with Gasteiger partial charge in [-0.3, -0.25) is 10.2 Å². The summed E-state index contributed by atoms with van der Waals surface area (Å²) < 4.78 is 4.87. The number of carbonyl (C=O) groups excluding carboxylic acids is 2. The number of carboxylic acids is 1. The molecule has 1 heterocycles. The molecule has 2 rings (SSSR count). The molecule has 0 bridgehead atoms. The molecule has 1 aromatic carbocycles. The van der Waals surface area contributed by atoms with Crippen molar-refractivity contribution in [3.63, 3.8) is 0 Å². The average molecular weight is 433 g/mol. The molecule has 0 aliphatic carbocycles. The fraction of sp³-hybridized carbons (Fsp3) is 0.450. The Morgan fingerprint density at radius 3 is 2.68 bits per heavy atom. The van der Waals surface area contributed by atoms with Gasteiger partial charge < -0.3 is 31.0 Å². The van der Waals surface area contributed by atoms with Gasteiger partial charge in [0, 0.05) is 18.5 Å². The van der Waals surface area contributed by atoms with Crippen LogP contribution in [0, 0.1) is 5.41 Å². The molecule has 0 spiro atoms. The summed E-state index contributed by atoms with van der Waals surface area (Å²) in [6.07, 6.45) is 0.558. The van der Waals surface area contributed by atoms with Crippen LogP contribution < -0.4 is 16.4 Å². The second-order valence-corrected chi connectivity index (χ2v) is 6.99. The molecule has 11 heteroatoms. The highest BCUT2D eigenvalue weighted by molar-refractivity contribution is 6.02. The van der Waals surface area contributed by atoms with Crippen molar-refractivity contribution in [2.24, 2.45) is 10.9 Å². The first-order valence-corrected chi connectivity index (χ1v) is 9.90. The van der Waals surface area contributed by atoms with Crippen molar-refractivity contribution in [1.82, 2.24) is 10.6 Å². The lowest BCUT2D eigenvalue weighted by Gasteiger charge is -2.16. The summed E-state index contributed by atoms with van der Waals surface area (Å²) in [4.78, 5) is 40.4. The largest absolute Gasteiger partial charge is 0.480 e. The van der Waals surface area contributed by atoms with E-state index in [0.29, 0.717) is 24.1 Å². The zero-order valence-corrected chi connectivity index (χ0v) is 17.2. The molecule has 0 aromatic heterocycles. The van der Waals surface area contributed by atoms with Crippen molar-refractivity contribution >= 4 is 29.5 Å². The zero-order chi connectivity index (χ0) is 22.8. The zero-order valence-electron chi connectivity index (χ0n) is 17.2. The van der Waals surface area contributed by atoms with E-state index in [4.69, 9.17) is 20.7 Å². The number of amides is 2. The molecule has 1 aromatic rings. The van der Waals surface area contributed by atoms with Gasteiger partial charge in [0.1, 0.15) is 18.0 Å². The Labute approximate surface area is 179 Å². The maximum atomic E-state index is 12.2. The second-order valence-electron chi connectivity index (χ2n) is 6.99. The summed E-state index contributed by atoms with van der Waals surface area (Å²) in [5, 5.41) is 25.3. The van der Waals surface area contributed by atoms with Crippen molar-refractivity contribution in [1.29, 1.82) is 5.41 Å². The molecule has 1 aliphatic heterocycles. The number of carbonyl (C=O) groups is 3. The molecular formula is C20H27N5O6. The normalized spacial score (nSPS) is 15.9. The number of nitrogens with two attached hydrogens (primary N) is 1. The molecule has 1 aliphatic rings. The van der Waals surface area contributed by atoms with Gasteiger partial charge in [0.25, 0.3) is 0 Å². The number of hydrogen-bond acceptors (Lipinski definition) is 7. The van der Waals surface area contributed by atoms with Crippen LogP contribution in [0.2, 0.25) is 0 Å². The van der Waals surface area contributed by atoms with Gasteiger partial charge in [0.2, 0.25) is 5.91 Å². The van der Waals surface area contributed by atoms with E-state index in [1.54, 1.807) is 24.3 Å². The number of nitrogens with one attached hydrogen (secondary N) is 3.